The van der Waals surface area contributed by atoms with E-state index in [-0.39, 0.29) is 12.5 Å². The molecule has 0 bridgehead atoms. The lowest BCUT2D eigenvalue weighted by Gasteiger charge is -2.22. The molecule has 2 atom stereocenters. The minimum absolute atomic E-state index is 0.0934. The molecular weight excluding hydrogens is 280 g/mol. The molecule has 1 saturated carbocycles. The Hall–Kier alpha value is -2.04. The third-order valence-electron chi connectivity index (χ3n) is 4.75. The summed E-state index contributed by atoms with van der Waals surface area (Å²) in [7, 11) is 0. The van der Waals surface area contributed by atoms with E-state index in [0.29, 0.717) is 23.1 Å². The van der Waals surface area contributed by atoms with E-state index < -0.39 is 5.91 Å². The van der Waals surface area contributed by atoms with Crippen molar-refractivity contribution in [3.05, 3.63) is 29.8 Å². The fourth-order valence-corrected chi connectivity index (χ4v) is 3.60. The number of rotatable bonds is 4. The van der Waals surface area contributed by atoms with Crippen LogP contribution < -0.4 is 10.5 Å². The molecular formula is C17H22N2O3. The van der Waals surface area contributed by atoms with Crippen molar-refractivity contribution >= 4 is 11.8 Å². The largest absolute Gasteiger partial charge is 0.484 e. The smallest absolute Gasteiger partial charge is 0.255 e. The first-order chi connectivity index (χ1) is 10.6. The van der Waals surface area contributed by atoms with Gasteiger partial charge in [0.2, 0.25) is 0 Å². The molecule has 2 N–H and O–H groups in total. The molecule has 22 heavy (non-hydrogen) atoms. The van der Waals surface area contributed by atoms with Crippen molar-refractivity contribution in [3.63, 3.8) is 0 Å². The molecule has 118 valence electrons. The van der Waals surface area contributed by atoms with Gasteiger partial charge < -0.3 is 15.4 Å². The summed E-state index contributed by atoms with van der Waals surface area (Å²) < 4.78 is 5.21. The van der Waals surface area contributed by atoms with Gasteiger partial charge in [-0.25, -0.2) is 0 Å². The molecule has 1 saturated heterocycles. The summed E-state index contributed by atoms with van der Waals surface area (Å²) >= 11 is 0. The Morgan fingerprint density at radius 3 is 2.23 bits per heavy atom. The van der Waals surface area contributed by atoms with Crippen LogP contribution in [0.2, 0.25) is 0 Å². The fraction of sp³-hybridized carbons (Fsp3) is 0.529. The minimum atomic E-state index is -0.514. The maximum Gasteiger partial charge on any atom is 0.255 e. The van der Waals surface area contributed by atoms with Gasteiger partial charge in [0.05, 0.1) is 0 Å². The lowest BCUT2D eigenvalue weighted by molar-refractivity contribution is -0.119. The average Bonchev–Trinajstić information content (AvgIpc) is 2.96. The van der Waals surface area contributed by atoms with Crippen LogP contribution in [-0.2, 0) is 4.79 Å². The molecule has 1 aromatic carbocycles. The summed E-state index contributed by atoms with van der Waals surface area (Å²) in [4.78, 5) is 25.2. The molecule has 0 aromatic heterocycles. The van der Waals surface area contributed by atoms with Crippen molar-refractivity contribution in [1.29, 1.82) is 0 Å². The molecule has 1 aliphatic heterocycles. The van der Waals surface area contributed by atoms with Crippen LogP contribution in [0.15, 0.2) is 24.3 Å². The minimum Gasteiger partial charge on any atom is -0.484 e. The SMILES string of the molecule is NC(=O)COc1ccc(C(=O)N2CC3CCCCC3C2)cc1. The lowest BCUT2D eigenvalue weighted by atomic mass is 9.82. The van der Waals surface area contributed by atoms with Crippen molar-refractivity contribution in [2.45, 2.75) is 25.7 Å². The highest BCUT2D eigenvalue weighted by atomic mass is 16.5. The van der Waals surface area contributed by atoms with Gasteiger partial charge in [0, 0.05) is 18.7 Å². The fourth-order valence-electron chi connectivity index (χ4n) is 3.60. The van der Waals surface area contributed by atoms with Crippen LogP contribution in [-0.4, -0.2) is 36.4 Å². The van der Waals surface area contributed by atoms with Crippen molar-refractivity contribution in [2.24, 2.45) is 17.6 Å². The van der Waals surface area contributed by atoms with Crippen molar-refractivity contribution in [1.82, 2.24) is 4.90 Å². The Morgan fingerprint density at radius 1 is 1.09 bits per heavy atom. The van der Waals surface area contributed by atoms with Gasteiger partial charge in [0.15, 0.2) is 6.61 Å². The Bertz CT molecular complexity index is 542. The van der Waals surface area contributed by atoms with Crippen LogP contribution in [0.1, 0.15) is 36.0 Å². The molecule has 2 fully saturated rings. The highest BCUT2D eigenvalue weighted by molar-refractivity contribution is 5.94. The molecule has 3 rings (SSSR count). The first kappa shape index (κ1) is 14.9. The number of primary amides is 1. The normalized spacial score (nSPS) is 23.9. The molecule has 0 spiro atoms. The molecule has 1 heterocycles. The lowest BCUT2D eigenvalue weighted by Crippen LogP contribution is -2.28. The van der Waals surface area contributed by atoms with Crippen LogP contribution in [0.5, 0.6) is 5.75 Å². The van der Waals surface area contributed by atoms with Gasteiger partial charge in [-0.1, -0.05) is 12.8 Å². The van der Waals surface area contributed by atoms with E-state index in [1.54, 1.807) is 24.3 Å². The standard InChI is InChI=1S/C17H22N2O3/c18-16(20)11-22-15-7-5-12(6-8-15)17(21)19-9-13-3-1-2-4-14(13)10-19/h5-8,13-14H,1-4,9-11H2,(H2,18,20). The number of benzene rings is 1. The van der Waals surface area contributed by atoms with Gasteiger partial charge in [0.25, 0.3) is 11.8 Å². The third kappa shape index (κ3) is 3.24. The Balaban J connectivity index is 1.61. The molecule has 1 aliphatic carbocycles. The van der Waals surface area contributed by atoms with Crippen LogP contribution in [0, 0.1) is 11.8 Å². The van der Waals surface area contributed by atoms with Crippen molar-refractivity contribution in [2.75, 3.05) is 19.7 Å². The number of nitrogens with zero attached hydrogens (tertiary/aromatic N) is 1. The summed E-state index contributed by atoms with van der Waals surface area (Å²) in [5, 5.41) is 0. The van der Waals surface area contributed by atoms with Gasteiger partial charge in [-0.15, -0.1) is 0 Å². The van der Waals surface area contributed by atoms with Crippen molar-refractivity contribution in [3.8, 4) is 5.75 Å². The first-order valence-corrected chi connectivity index (χ1v) is 7.94. The van der Waals surface area contributed by atoms with Crippen LogP contribution in [0.3, 0.4) is 0 Å². The molecule has 5 nitrogen and oxygen atoms in total. The number of nitrogens with two attached hydrogens (primary N) is 1. The molecule has 2 aliphatic rings. The molecule has 2 unspecified atom stereocenters. The Labute approximate surface area is 130 Å². The highest BCUT2D eigenvalue weighted by Crippen LogP contribution is 2.36. The quantitative estimate of drug-likeness (QED) is 0.922. The number of likely N-dealkylation sites (tertiary alicyclic amines) is 1. The summed E-state index contributed by atoms with van der Waals surface area (Å²) in [5.74, 6) is 1.51. The number of carbonyl (C=O) groups excluding carboxylic acids is 2. The van der Waals surface area contributed by atoms with Crippen LogP contribution in [0.25, 0.3) is 0 Å². The third-order valence-corrected chi connectivity index (χ3v) is 4.75. The number of carbonyl (C=O) groups is 2. The van der Waals surface area contributed by atoms with E-state index in [9.17, 15) is 9.59 Å². The van der Waals surface area contributed by atoms with E-state index in [1.807, 2.05) is 4.90 Å². The number of ether oxygens (including phenoxy) is 1. The number of hydrogen-bond donors (Lipinski definition) is 1. The second-order valence-corrected chi connectivity index (χ2v) is 6.29. The molecule has 1 aromatic rings. The second kappa shape index (κ2) is 6.38. The van der Waals surface area contributed by atoms with E-state index in [1.165, 1.54) is 25.7 Å². The number of hydrogen-bond acceptors (Lipinski definition) is 3. The maximum absolute atomic E-state index is 12.6. The Morgan fingerprint density at radius 2 is 1.68 bits per heavy atom. The topological polar surface area (TPSA) is 72.6 Å². The summed E-state index contributed by atoms with van der Waals surface area (Å²) in [6.45, 7) is 1.63. The van der Waals surface area contributed by atoms with Gasteiger partial charge >= 0.3 is 0 Å². The van der Waals surface area contributed by atoms with Gasteiger partial charge in [-0.05, 0) is 48.9 Å². The van der Waals surface area contributed by atoms with Crippen LogP contribution in [0.4, 0.5) is 0 Å². The van der Waals surface area contributed by atoms with E-state index >= 15 is 0 Å². The van der Waals surface area contributed by atoms with Gasteiger partial charge in [-0.2, -0.15) is 0 Å². The number of amides is 2. The molecule has 5 heteroatoms. The number of fused-ring (bicyclic) bond motifs is 1. The zero-order chi connectivity index (χ0) is 15.5. The Kier molecular flexibility index (Phi) is 4.32. The predicted octanol–water partition coefficient (Wildman–Crippen LogP) is 1.81. The zero-order valence-electron chi connectivity index (χ0n) is 12.7. The maximum atomic E-state index is 12.6. The first-order valence-electron chi connectivity index (χ1n) is 7.94. The van der Waals surface area contributed by atoms with E-state index in [2.05, 4.69) is 0 Å². The van der Waals surface area contributed by atoms with Gasteiger partial charge in [0.1, 0.15) is 5.75 Å². The molecule has 2 amide bonds. The van der Waals surface area contributed by atoms with E-state index in [0.717, 1.165) is 13.1 Å². The zero-order valence-corrected chi connectivity index (χ0v) is 12.7. The van der Waals surface area contributed by atoms with E-state index in [4.69, 9.17) is 10.5 Å². The monoisotopic (exact) mass is 302 g/mol. The van der Waals surface area contributed by atoms with Gasteiger partial charge in [-0.3, -0.25) is 9.59 Å². The van der Waals surface area contributed by atoms with Crippen LogP contribution >= 0.6 is 0 Å². The summed E-state index contributed by atoms with van der Waals surface area (Å²) in [6, 6.07) is 6.92. The predicted molar refractivity (Wildman–Crippen MR) is 82.5 cm³/mol. The average molecular weight is 302 g/mol. The second-order valence-electron chi connectivity index (χ2n) is 6.29. The molecule has 0 radical (unpaired) electrons. The summed E-state index contributed by atoms with van der Waals surface area (Å²) in [5.41, 5.74) is 5.71. The summed E-state index contributed by atoms with van der Waals surface area (Å²) in [6.07, 6.45) is 5.12. The highest BCUT2D eigenvalue weighted by Gasteiger charge is 2.36. The van der Waals surface area contributed by atoms with Crippen molar-refractivity contribution < 1.29 is 14.3 Å².